The zero-order valence-corrected chi connectivity index (χ0v) is 33.9. The van der Waals surface area contributed by atoms with E-state index in [2.05, 4.69) is 182 Å². The van der Waals surface area contributed by atoms with Crippen molar-refractivity contribution in [3.8, 4) is 17.4 Å². The highest BCUT2D eigenvalue weighted by molar-refractivity contribution is 7.80. The molecular weight excluding hydrogens is 746 g/mol. The Morgan fingerprint density at radius 1 is 0.632 bits per heavy atom. The summed E-state index contributed by atoms with van der Waals surface area (Å²) in [6.45, 7) is 4.70. The quantitative estimate of drug-likeness (QED) is 0.145. The topological polar surface area (TPSA) is 97.8 Å². The van der Waals surface area contributed by atoms with Crippen molar-refractivity contribution in [2.75, 3.05) is 14.2 Å². The molecular formula is C48H42N2O5P2. The van der Waals surface area contributed by atoms with Crippen molar-refractivity contribution in [3.63, 3.8) is 0 Å². The van der Waals surface area contributed by atoms with E-state index in [1.165, 1.54) is 63.2 Å². The molecule has 0 aliphatic carbocycles. The Kier molecular flexibility index (Phi) is 11.9. The van der Waals surface area contributed by atoms with Crippen LogP contribution in [0.3, 0.4) is 0 Å². The van der Waals surface area contributed by atoms with Crippen molar-refractivity contribution in [2.24, 2.45) is 0 Å². The van der Waals surface area contributed by atoms with Gasteiger partial charge in [0.15, 0.2) is 0 Å². The van der Waals surface area contributed by atoms with E-state index in [4.69, 9.17) is 14.6 Å². The standard InChI is InChI=1S/C39H32OP2.C9H10N2O4/c1-39(2)33-25-15-27-35(41(29-17-7-3-8-18-29)30-19-9-4-10-20-30)37(33)40-38-34(39)26-16-28-36(38)42(31-21-11-5-12-22-31)32-23-13-6-14-24-32;1-10-7(12)6-3-5(9(13)14)4-11-8(6)15-2/h3-28H,1-2H3;3-4H,1-2H3,(H,10,12)(H,13,14). The molecule has 1 aliphatic rings. The molecule has 1 aromatic heterocycles. The number of aromatic nitrogens is 1. The van der Waals surface area contributed by atoms with Gasteiger partial charge in [-0.3, -0.25) is 4.79 Å². The van der Waals surface area contributed by atoms with Crippen molar-refractivity contribution in [1.82, 2.24) is 10.3 Å². The number of nitrogens with one attached hydrogen (secondary N) is 1. The lowest BCUT2D eigenvalue weighted by Gasteiger charge is -2.38. The van der Waals surface area contributed by atoms with Crippen molar-refractivity contribution in [2.45, 2.75) is 19.3 Å². The van der Waals surface area contributed by atoms with Crippen LogP contribution < -0.4 is 46.6 Å². The number of rotatable bonds is 9. The SMILES string of the molecule is CC1(C)c2cccc(P(c3ccccc3)c3ccccc3)c2Oc2c(P(c3ccccc3)c3ccccc3)cccc21.CNC(=O)c1cc(C(=O)O)cnc1OC. The number of carboxylic acids is 1. The molecule has 0 bridgehead atoms. The van der Waals surface area contributed by atoms with Crippen molar-refractivity contribution < 1.29 is 24.2 Å². The van der Waals surface area contributed by atoms with Gasteiger partial charge < -0.3 is 19.9 Å². The van der Waals surface area contributed by atoms with Crippen LogP contribution in [0.5, 0.6) is 17.4 Å². The van der Waals surface area contributed by atoms with Gasteiger partial charge in [-0.25, -0.2) is 9.78 Å². The lowest BCUT2D eigenvalue weighted by atomic mass is 9.76. The molecule has 0 unspecified atom stereocenters. The number of nitrogens with zero attached hydrogens (tertiary/aromatic N) is 1. The number of amides is 1. The van der Waals surface area contributed by atoms with Gasteiger partial charge in [-0.15, -0.1) is 0 Å². The maximum absolute atomic E-state index is 11.3. The lowest BCUT2D eigenvalue weighted by Crippen LogP contribution is -2.32. The molecule has 0 spiro atoms. The van der Waals surface area contributed by atoms with E-state index in [9.17, 15) is 9.59 Å². The molecule has 0 radical (unpaired) electrons. The van der Waals surface area contributed by atoms with Gasteiger partial charge >= 0.3 is 5.97 Å². The van der Waals surface area contributed by atoms with Crippen LogP contribution in [0.25, 0.3) is 0 Å². The van der Waals surface area contributed by atoms with Crippen LogP contribution in [0.4, 0.5) is 0 Å². The summed E-state index contributed by atoms with van der Waals surface area (Å²) in [5.41, 5.74) is 2.30. The first-order chi connectivity index (χ1) is 27.7. The maximum atomic E-state index is 11.3. The summed E-state index contributed by atoms with van der Waals surface area (Å²) in [6.07, 6.45) is 1.13. The van der Waals surface area contributed by atoms with Crippen LogP contribution in [0, 0.1) is 0 Å². The molecule has 0 fully saturated rings. The molecule has 7 aromatic rings. The summed E-state index contributed by atoms with van der Waals surface area (Å²) in [4.78, 5) is 25.7. The van der Waals surface area contributed by atoms with Crippen molar-refractivity contribution >= 4 is 59.5 Å². The highest BCUT2D eigenvalue weighted by atomic mass is 31.1. The zero-order valence-electron chi connectivity index (χ0n) is 32.1. The summed E-state index contributed by atoms with van der Waals surface area (Å²) in [6, 6.07) is 58.4. The van der Waals surface area contributed by atoms with E-state index in [-0.39, 0.29) is 22.4 Å². The summed E-state index contributed by atoms with van der Waals surface area (Å²) in [5.74, 6) is 0.534. The van der Waals surface area contributed by atoms with Crippen LogP contribution in [0.2, 0.25) is 0 Å². The number of aromatic carboxylic acids is 1. The second-order valence-corrected chi connectivity index (χ2v) is 18.1. The maximum Gasteiger partial charge on any atom is 0.337 e. The predicted molar refractivity (Wildman–Crippen MR) is 234 cm³/mol. The first kappa shape index (κ1) is 39.1. The second kappa shape index (κ2) is 17.3. The first-order valence-electron chi connectivity index (χ1n) is 18.5. The van der Waals surface area contributed by atoms with E-state index in [0.717, 1.165) is 17.7 Å². The Labute approximate surface area is 335 Å². The van der Waals surface area contributed by atoms with E-state index >= 15 is 0 Å². The van der Waals surface area contributed by atoms with E-state index in [1.807, 2.05) is 0 Å². The fourth-order valence-corrected chi connectivity index (χ4v) is 11.8. The van der Waals surface area contributed by atoms with Gasteiger partial charge in [0.05, 0.1) is 12.7 Å². The second-order valence-electron chi connectivity index (χ2n) is 13.7. The number of para-hydroxylation sites is 2. The Morgan fingerprint density at radius 3 is 1.39 bits per heavy atom. The highest BCUT2D eigenvalue weighted by Crippen LogP contribution is 2.52. The number of hydrogen-bond donors (Lipinski definition) is 2. The van der Waals surface area contributed by atoms with E-state index in [0.29, 0.717) is 0 Å². The van der Waals surface area contributed by atoms with E-state index in [1.54, 1.807) is 0 Å². The molecule has 2 N–H and O–H groups in total. The first-order valence-corrected chi connectivity index (χ1v) is 21.2. The third-order valence-electron chi connectivity index (χ3n) is 9.84. The van der Waals surface area contributed by atoms with Gasteiger partial charge in [0.25, 0.3) is 5.91 Å². The smallest absolute Gasteiger partial charge is 0.337 e. The Bertz CT molecular complexity index is 2290. The van der Waals surface area contributed by atoms with Crippen molar-refractivity contribution in [1.29, 1.82) is 0 Å². The molecule has 0 saturated carbocycles. The van der Waals surface area contributed by atoms with Crippen LogP contribution >= 0.6 is 15.8 Å². The lowest BCUT2D eigenvalue weighted by molar-refractivity contribution is 0.0696. The summed E-state index contributed by atoms with van der Waals surface area (Å²) in [7, 11) is 1.15. The van der Waals surface area contributed by atoms with E-state index < -0.39 is 27.7 Å². The molecule has 0 atom stereocenters. The third-order valence-corrected chi connectivity index (χ3v) is 14.8. The van der Waals surface area contributed by atoms with Crippen LogP contribution in [0.1, 0.15) is 45.7 Å². The molecule has 8 rings (SSSR count). The number of benzene rings is 6. The number of methoxy groups -OCH3 is 1. The third kappa shape index (κ3) is 8.09. The monoisotopic (exact) mass is 788 g/mol. The minimum Gasteiger partial charge on any atom is -0.480 e. The Balaban J connectivity index is 0.000000280. The number of pyridine rings is 1. The molecule has 9 heteroatoms. The molecule has 6 aromatic carbocycles. The number of carbonyl (C=O) groups is 2. The molecule has 1 aliphatic heterocycles. The van der Waals surface area contributed by atoms with Gasteiger partial charge in [0.1, 0.15) is 17.1 Å². The minimum atomic E-state index is -1.14. The van der Waals surface area contributed by atoms with Gasteiger partial charge in [-0.1, -0.05) is 172 Å². The van der Waals surface area contributed by atoms with Gasteiger partial charge in [0.2, 0.25) is 5.88 Å². The fraction of sp³-hybridized carbons (Fsp3) is 0.104. The number of carboxylic acid groups (broad SMARTS) is 1. The average Bonchev–Trinajstić information content (AvgIpc) is 3.25. The Hall–Kier alpha value is -6.13. The number of hydrogen-bond acceptors (Lipinski definition) is 5. The predicted octanol–water partition coefficient (Wildman–Crippen LogP) is 7.78. The zero-order chi connectivity index (χ0) is 39.9. The molecule has 57 heavy (non-hydrogen) atoms. The van der Waals surface area contributed by atoms with Crippen molar-refractivity contribution in [3.05, 3.63) is 192 Å². The fourth-order valence-electron chi connectivity index (χ4n) is 7.04. The van der Waals surface area contributed by atoms with Crippen LogP contribution in [-0.4, -0.2) is 36.1 Å². The molecule has 2 heterocycles. The molecule has 0 saturated heterocycles. The van der Waals surface area contributed by atoms with Gasteiger partial charge in [0, 0.05) is 40.4 Å². The summed E-state index contributed by atoms with van der Waals surface area (Å²) < 4.78 is 12.1. The number of ether oxygens (including phenoxy) is 2. The largest absolute Gasteiger partial charge is 0.480 e. The molecule has 7 nitrogen and oxygen atoms in total. The average molecular weight is 789 g/mol. The van der Waals surface area contributed by atoms with Gasteiger partial charge in [-0.05, 0) is 43.1 Å². The highest BCUT2D eigenvalue weighted by Gasteiger charge is 2.39. The van der Waals surface area contributed by atoms with Crippen LogP contribution in [0.15, 0.2) is 170 Å². The Morgan fingerprint density at radius 2 is 1.04 bits per heavy atom. The number of fused-ring (bicyclic) bond motifs is 2. The summed E-state index contributed by atoms with van der Waals surface area (Å²) >= 11 is 0. The van der Waals surface area contributed by atoms with Crippen LogP contribution in [-0.2, 0) is 5.41 Å². The summed E-state index contributed by atoms with van der Waals surface area (Å²) in [5, 5.41) is 18.9. The molecule has 284 valence electrons. The number of carbonyl (C=O) groups excluding carboxylic acids is 1. The minimum absolute atomic E-state index is 0.0607. The molecule has 1 amide bonds. The van der Waals surface area contributed by atoms with Gasteiger partial charge in [-0.2, -0.15) is 0 Å². The normalized spacial score (nSPS) is 12.3.